The minimum absolute atomic E-state index is 0.248. The first-order chi connectivity index (χ1) is 12.4. The van der Waals surface area contributed by atoms with Gasteiger partial charge in [0.15, 0.2) is 0 Å². The van der Waals surface area contributed by atoms with Gasteiger partial charge in [0.25, 0.3) is 5.91 Å². The molecule has 0 aliphatic carbocycles. The van der Waals surface area contributed by atoms with Gasteiger partial charge in [-0.3, -0.25) is 9.59 Å². The molecule has 0 bridgehead atoms. The molecule has 0 aliphatic heterocycles. The number of aromatic nitrogens is 2. The van der Waals surface area contributed by atoms with Gasteiger partial charge in [0, 0.05) is 25.5 Å². The molecule has 1 aromatic heterocycles. The van der Waals surface area contributed by atoms with Crippen molar-refractivity contribution in [2.24, 2.45) is 5.92 Å². The van der Waals surface area contributed by atoms with Crippen LogP contribution >= 0.6 is 0 Å². The average Bonchev–Trinajstić information content (AvgIpc) is 3.09. The summed E-state index contributed by atoms with van der Waals surface area (Å²) in [4.78, 5) is 28.5. The largest absolute Gasteiger partial charge is 0.354 e. The van der Waals surface area contributed by atoms with Gasteiger partial charge in [0.2, 0.25) is 5.91 Å². The zero-order valence-corrected chi connectivity index (χ0v) is 14.7. The van der Waals surface area contributed by atoms with Gasteiger partial charge in [-0.2, -0.15) is 0 Å². The molecule has 8 heteroatoms. The minimum Gasteiger partial charge on any atom is -0.354 e. The van der Waals surface area contributed by atoms with Crippen molar-refractivity contribution in [3.8, 4) is 0 Å². The number of hydrogen-bond donors (Lipinski definition) is 2. The van der Waals surface area contributed by atoms with Crippen molar-refractivity contribution in [1.29, 1.82) is 0 Å². The Balaban J connectivity index is 1.92. The van der Waals surface area contributed by atoms with Crippen molar-refractivity contribution in [3.63, 3.8) is 0 Å². The fourth-order valence-electron chi connectivity index (χ4n) is 2.47. The summed E-state index contributed by atoms with van der Waals surface area (Å²) in [6, 6.07) is 2.28. The van der Waals surface area contributed by atoms with Crippen molar-refractivity contribution in [2.45, 2.75) is 32.9 Å². The molecule has 0 saturated carbocycles. The van der Waals surface area contributed by atoms with Gasteiger partial charge in [0.1, 0.15) is 23.2 Å². The molecule has 2 rings (SSSR count). The highest BCUT2D eigenvalue weighted by molar-refractivity contribution is 5.98. The summed E-state index contributed by atoms with van der Waals surface area (Å²) in [5.74, 6) is -3.53. The Morgan fingerprint density at radius 3 is 2.50 bits per heavy atom. The van der Waals surface area contributed by atoms with Crippen LogP contribution in [0.2, 0.25) is 0 Å². The number of nitrogens with zero attached hydrogens (tertiary/aromatic N) is 2. The van der Waals surface area contributed by atoms with Crippen LogP contribution in [0.4, 0.5) is 8.78 Å². The predicted molar refractivity (Wildman–Crippen MR) is 92.3 cm³/mol. The third kappa shape index (κ3) is 5.11. The number of amides is 2. The lowest BCUT2D eigenvalue weighted by Crippen LogP contribution is -2.50. The second kappa shape index (κ2) is 9.07. The summed E-state index contributed by atoms with van der Waals surface area (Å²) < 4.78 is 29.3. The molecule has 0 radical (unpaired) electrons. The number of benzene rings is 1. The molecule has 2 aromatic rings. The van der Waals surface area contributed by atoms with Gasteiger partial charge < -0.3 is 15.2 Å². The highest BCUT2D eigenvalue weighted by Crippen LogP contribution is 2.13. The maximum absolute atomic E-state index is 13.7. The molecule has 2 amide bonds. The van der Waals surface area contributed by atoms with E-state index in [0.29, 0.717) is 19.5 Å². The molecular weight excluding hydrogens is 342 g/mol. The Morgan fingerprint density at radius 2 is 1.92 bits per heavy atom. The minimum atomic E-state index is -0.967. The number of carbonyl (C=O) groups excluding carboxylic acids is 2. The van der Waals surface area contributed by atoms with Crippen molar-refractivity contribution in [2.75, 3.05) is 6.54 Å². The fraction of sp³-hybridized carbons (Fsp3) is 0.389. The summed E-state index contributed by atoms with van der Waals surface area (Å²) in [6.07, 6.45) is 5.86. The van der Waals surface area contributed by atoms with Gasteiger partial charge in [-0.25, -0.2) is 13.8 Å². The van der Waals surface area contributed by atoms with Crippen molar-refractivity contribution in [1.82, 2.24) is 20.2 Å². The molecule has 1 aromatic carbocycles. The monoisotopic (exact) mass is 364 g/mol. The first-order valence-corrected chi connectivity index (χ1v) is 8.38. The molecule has 0 saturated heterocycles. The highest BCUT2D eigenvalue weighted by atomic mass is 19.1. The van der Waals surface area contributed by atoms with Crippen LogP contribution in [0.1, 0.15) is 30.6 Å². The third-order valence-corrected chi connectivity index (χ3v) is 3.88. The van der Waals surface area contributed by atoms with E-state index in [1.807, 2.05) is 10.8 Å². The zero-order valence-electron chi connectivity index (χ0n) is 14.7. The molecule has 6 nitrogen and oxygen atoms in total. The number of rotatable bonds is 8. The van der Waals surface area contributed by atoms with E-state index in [1.54, 1.807) is 26.4 Å². The van der Waals surface area contributed by atoms with E-state index in [0.717, 1.165) is 12.1 Å². The van der Waals surface area contributed by atoms with Gasteiger partial charge in [-0.05, 0) is 24.5 Å². The Bertz CT molecular complexity index is 727. The fourth-order valence-corrected chi connectivity index (χ4v) is 2.47. The molecule has 1 heterocycles. The summed E-state index contributed by atoms with van der Waals surface area (Å²) in [5.41, 5.74) is -0.689. The number of nitrogens with one attached hydrogen (secondary N) is 2. The van der Waals surface area contributed by atoms with E-state index in [9.17, 15) is 18.4 Å². The molecule has 2 N–H and O–H groups in total. The predicted octanol–water partition coefficient (Wildman–Crippen LogP) is 2.12. The standard InChI is InChI=1S/C18H22F2N4O2/c1-12(2)16(18(26)22-7-4-9-24-10-8-21-11-24)23-17(25)15-13(19)5-3-6-14(15)20/h3,5-6,8,10-12,16H,4,7,9H2,1-2H3,(H,22,26)(H,23,25). The number of carbonyl (C=O) groups is 2. The van der Waals surface area contributed by atoms with Crippen LogP contribution in [0.5, 0.6) is 0 Å². The van der Waals surface area contributed by atoms with Gasteiger partial charge in [-0.1, -0.05) is 19.9 Å². The molecule has 26 heavy (non-hydrogen) atoms. The maximum atomic E-state index is 13.7. The van der Waals surface area contributed by atoms with Crippen molar-refractivity contribution < 1.29 is 18.4 Å². The lowest BCUT2D eigenvalue weighted by molar-refractivity contribution is -0.123. The van der Waals surface area contributed by atoms with Crippen LogP contribution in [0, 0.1) is 17.6 Å². The third-order valence-electron chi connectivity index (χ3n) is 3.88. The first kappa shape index (κ1) is 19.6. The topological polar surface area (TPSA) is 76.0 Å². The Kier molecular flexibility index (Phi) is 6.82. The van der Waals surface area contributed by atoms with Gasteiger partial charge in [-0.15, -0.1) is 0 Å². The van der Waals surface area contributed by atoms with E-state index in [1.165, 1.54) is 6.07 Å². The molecule has 1 atom stereocenters. The number of aryl methyl sites for hydroxylation is 1. The first-order valence-electron chi connectivity index (χ1n) is 8.38. The second-order valence-corrected chi connectivity index (χ2v) is 6.24. The van der Waals surface area contributed by atoms with Crippen LogP contribution in [-0.2, 0) is 11.3 Å². The number of hydrogen-bond acceptors (Lipinski definition) is 3. The number of imidazole rings is 1. The van der Waals surface area contributed by atoms with E-state index < -0.39 is 35.1 Å². The van der Waals surface area contributed by atoms with Crippen LogP contribution in [-0.4, -0.2) is 34.0 Å². The van der Waals surface area contributed by atoms with Gasteiger partial charge in [0.05, 0.1) is 6.33 Å². The van der Waals surface area contributed by atoms with E-state index in [4.69, 9.17) is 0 Å². The maximum Gasteiger partial charge on any atom is 0.257 e. The Hall–Kier alpha value is -2.77. The lowest BCUT2D eigenvalue weighted by Gasteiger charge is -2.22. The van der Waals surface area contributed by atoms with Crippen LogP contribution in [0.3, 0.4) is 0 Å². The van der Waals surface area contributed by atoms with Crippen molar-refractivity contribution >= 4 is 11.8 Å². The summed E-state index contributed by atoms with van der Waals surface area (Å²) >= 11 is 0. The van der Waals surface area contributed by atoms with E-state index >= 15 is 0 Å². The smallest absolute Gasteiger partial charge is 0.257 e. The van der Waals surface area contributed by atoms with E-state index in [2.05, 4.69) is 15.6 Å². The van der Waals surface area contributed by atoms with E-state index in [-0.39, 0.29) is 5.92 Å². The molecule has 1 unspecified atom stereocenters. The highest BCUT2D eigenvalue weighted by Gasteiger charge is 2.26. The SMILES string of the molecule is CC(C)C(NC(=O)c1c(F)cccc1F)C(=O)NCCCn1ccnc1. The quantitative estimate of drug-likeness (QED) is 0.705. The summed E-state index contributed by atoms with van der Waals surface area (Å²) in [5, 5.41) is 5.16. The normalized spacial score (nSPS) is 12.0. The Morgan fingerprint density at radius 1 is 1.23 bits per heavy atom. The molecular formula is C18H22F2N4O2. The molecule has 140 valence electrons. The lowest BCUT2D eigenvalue weighted by atomic mass is 10.0. The summed E-state index contributed by atoms with van der Waals surface area (Å²) in [6.45, 7) is 4.59. The van der Waals surface area contributed by atoms with Crippen LogP contribution in [0.15, 0.2) is 36.9 Å². The van der Waals surface area contributed by atoms with Crippen LogP contribution < -0.4 is 10.6 Å². The van der Waals surface area contributed by atoms with Gasteiger partial charge >= 0.3 is 0 Å². The number of halogens is 2. The molecule has 0 aliphatic rings. The average molecular weight is 364 g/mol. The zero-order chi connectivity index (χ0) is 19.1. The summed E-state index contributed by atoms with van der Waals surface area (Å²) in [7, 11) is 0. The Labute approximate surface area is 150 Å². The van der Waals surface area contributed by atoms with Crippen LogP contribution in [0.25, 0.3) is 0 Å². The molecule has 0 spiro atoms. The molecule has 0 fully saturated rings. The second-order valence-electron chi connectivity index (χ2n) is 6.24. The van der Waals surface area contributed by atoms with Crippen molar-refractivity contribution in [3.05, 3.63) is 54.1 Å².